The lowest BCUT2D eigenvalue weighted by Gasteiger charge is -2.24. The van der Waals surface area contributed by atoms with Crippen molar-refractivity contribution in [2.24, 2.45) is 11.7 Å². The maximum absolute atomic E-state index is 11.6. The van der Waals surface area contributed by atoms with Crippen LogP contribution in [-0.4, -0.2) is 28.9 Å². The highest BCUT2D eigenvalue weighted by Gasteiger charge is 2.54. The first-order chi connectivity index (χ1) is 6.15. The van der Waals surface area contributed by atoms with E-state index in [1.54, 1.807) is 11.8 Å². The highest BCUT2D eigenvalue weighted by Crippen LogP contribution is 2.47. The molecular formula is C9H13N3O. The molecule has 2 fully saturated rings. The zero-order valence-corrected chi connectivity index (χ0v) is 7.60. The Hall–Kier alpha value is -1.08. The number of carbonyl (C=O) groups excluding carboxylic acids is 1. The van der Waals surface area contributed by atoms with E-state index in [1.165, 1.54) is 0 Å². The maximum atomic E-state index is 11.6. The van der Waals surface area contributed by atoms with Crippen LogP contribution < -0.4 is 5.73 Å². The lowest BCUT2D eigenvalue weighted by molar-refractivity contribution is -0.133. The maximum Gasteiger partial charge on any atom is 0.240 e. The number of carbonyl (C=O) groups is 1. The zero-order valence-electron chi connectivity index (χ0n) is 7.60. The first kappa shape index (κ1) is 8.52. The lowest BCUT2D eigenvalue weighted by Crippen LogP contribution is -2.46. The first-order valence-corrected chi connectivity index (χ1v) is 4.62. The van der Waals surface area contributed by atoms with Crippen LogP contribution in [0.25, 0.3) is 0 Å². The Morgan fingerprint density at radius 1 is 1.69 bits per heavy atom. The van der Waals surface area contributed by atoms with Gasteiger partial charge in [0.2, 0.25) is 5.91 Å². The molecule has 0 aromatic rings. The molecule has 1 aliphatic heterocycles. The van der Waals surface area contributed by atoms with E-state index in [9.17, 15) is 4.79 Å². The molecule has 70 valence electrons. The third-order valence-electron chi connectivity index (χ3n) is 2.90. The largest absolute Gasteiger partial charge is 0.322 e. The quantitative estimate of drug-likeness (QED) is 0.608. The Morgan fingerprint density at radius 2 is 2.38 bits per heavy atom. The molecule has 4 nitrogen and oxygen atoms in total. The van der Waals surface area contributed by atoms with Crippen molar-refractivity contribution in [1.29, 1.82) is 5.26 Å². The van der Waals surface area contributed by atoms with Gasteiger partial charge in [0.25, 0.3) is 0 Å². The molecule has 0 radical (unpaired) electrons. The molecule has 2 aliphatic rings. The highest BCUT2D eigenvalue weighted by molar-refractivity contribution is 5.83. The summed E-state index contributed by atoms with van der Waals surface area (Å²) in [6.07, 6.45) is 1.91. The van der Waals surface area contributed by atoms with Crippen molar-refractivity contribution < 1.29 is 4.79 Å². The van der Waals surface area contributed by atoms with E-state index in [4.69, 9.17) is 11.0 Å². The summed E-state index contributed by atoms with van der Waals surface area (Å²) in [7, 11) is 0. The number of hydrogen-bond donors (Lipinski definition) is 1. The van der Waals surface area contributed by atoms with Gasteiger partial charge in [0.05, 0.1) is 12.1 Å². The molecule has 4 atom stereocenters. The second kappa shape index (κ2) is 2.71. The molecule has 1 saturated carbocycles. The lowest BCUT2D eigenvalue weighted by atomic mass is 10.2. The number of nitrogens with zero attached hydrogens (tertiary/aromatic N) is 2. The Labute approximate surface area is 77.3 Å². The Balaban J connectivity index is 2.13. The average molecular weight is 179 g/mol. The Morgan fingerprint density at radius 3 is 2.92 bits per heavy atom. The molecule has 1 aliphatic carbocycles. The number of likely N-dealkylation sites (tertiary alicyclic amines) is 1. The first-order valence-electron chi connectivity index (χ1n) is 4.62. The minimum absolute atomic E-state index is 0.0726. The van der Waals surface area contributed by atoms with Crippen molar-refractivity contribution in [3.8, 4) is 6.07 Å². The smallest absolute Gasteiger partial charge is 0.240 e. The number of hydrogen-bond acceptors (Lipinski definition) is 3. The fraction of sp³-hybridized carbons (Fsp3) is 0.778. The van der Waals surface area contributed by atoms with Gasteiger partial charge >= 0.3 is 0 Å². The van der Waals surface area contributed by atoms with Crippen LogP contribution in [0.3, 0.4) is 0 Å². The molecule has 1 amide bonds. The second-order valence-electron chi connectivity index (χ2n) is 3.98. The third kappa shape index (κ3) is 1.20. The predicted octanol–water partition coefficient (Wildman–Crippen LogP) is -0.153. The predicted molar refractivity (Wildman–Crippen MR) is 46.4 cm³/mol. The van der Waals surface area contributed by atoms with E-state index in [1.807, 2.05) is 0 Å². The standard InChI is InChI=1S/C9H13N3O/c1-5(11)9(13)12-7(4-10)2-6-3-8(6)12/h5-8H,2-3,11H2,1H3/t5-,6+,7-,8-/m0/s1. The van der Waals surface area contributed by atoms with Crippen LogP contribution in [0.1, 0.15) is 19.8 Å². The minimum atomic E-state index is -0.477. The molecule has 1 heterocycles. The van der Waals surface area contributed by atoms with Crippen molar-refractivity contribution in [3.63, 3.8) is 0 Å². The van der Waals surface area contributed by atoms with Gasteiger partial charge in [0.1, 0.15) is 6.04 Å². The van der Waals surface area contributed by atoms with Gasteiger partial charge in [-0.1, -0.05) is 0 Å². The summed E-state index contributed by atoms with van der Waals surface area (Å²) in [4.78, 5) is 13.3. The van der Waals surface area contributed by atoms with E-state index >= 15 is 0 Å². The van der Waals surface area contributed by atoms with Crippen molar-refractivity contribution in [1.82, 2.24) is 4.90 Å². The van der Waals surface area contributed by atoms with Crippen molar-refractivity contribution in [2.75, 3.05) is 0 Å². The summed E-state index contributed by atoms with van der Waals surface area (Å²) in [5.74, 6) is 0.504. The van der Waals surface area contributed by atoms with Gasteiger partial charge in [-0.15, -0.1) is 0 Å². The molecule has 2 N–H and O–H groups in total. The van der Waals surface area contributed by atoms with Crippen molar-refractivity contribution >= 4 is 5.91 Å². The molecule has 0 bridgehead atoms. The van der Waals surface area contributed by atoms with Gasteiger partial charge in [-0.3, -0.25) is 4.79 Å². The van der Waals surface area contributed by atoms with E-state index in [-0.39, 0.29) is 11.9 Å². The van der Waals surface area contributed by atoms with Crippen LogP contribution >= 0.6 is 0 Å². The molecule has 0 unspecified atom stereocenters. The summed E-state index contributed by atoms with van der Waals surface area (Å²) in [5, 5.41) is 8.82. The molecule has 4 heteroatoms. The minimum Gasteiger partial charge on any atom is -0.322 e. The average Bonchev–Trinajstić information content (AvgIpc) is 2.76. The Bertz CT molecular complexity index is 281. The van der Waals surface area contributed by atoms with Gasteiger partial charge in [-0.05, 0) is 25.7 Å². The van der Waals surface area contributed by atoms with Gasteiger partial charge in [-0.25, -0.2) is 0 Å². The monoisotopic (exact) mass is 179 g/mol. The molecule has 0 spiro atoms. The van der Waals surface area contributed by atoms with E-state index in [2.05, 4.69) is 6.07 Å². The molecule has 2 rings (SSSR count). The number of piperidine rings is 1. The number of nitriles is 1. The van der Waals surface area contributed by atoms with E-state index in [0.29, 0.717) is 12.0 Å². The normalized spacial score (nSPS) is 37.9. The van der Waals surface area contributed by atoms with Crippen LogP contribution in [-0.2, 0) is 4.79 Å². The van der Waals surface area contributed by atoms with E-state index in [0.717, 1.165) is 12.8 Å². The summed E-state index contributed by atoms with van der Waals surface area (Å²) in [6, 6.07) is 1.79. The number of rotatable bonds is 1. The van der Waals surface area contributed by atoms with Crippen LogP contribution in [0.15, 0.2) is 0 Å². The number of amides is 1. The molecule has 13 heavy (non-hydrogen) atoms. The third-order valence-corrected chi connectivity index (χ3v) is 2.90. The summed E-state index contributed by atoms with van der Waals surface area (Å²) < 4.78 is 0. The van der Waals surface area contributed by atoms with Crippen LogP contribution in [0, 0.1) is 17.2 Å². The van der Waals surface area contributed by atoms with Crippen LogP contribution in [0.2, 0.25) is 0 Å². The fourth-order valence-corrected chi connectivity index (χ4v) is 2.12. The number of fused-ring (bicyclic) bond motifs is 1. The van der Waals surface area contributed by atoms with Gasteiger partial charge in [0, 0.05) is 6.04 Å². The van der Waals surface area contributed by atoms with Gasteiger partial charge in [-0.2, -0.15) is 5.26 Å². The SMILES string of the molecule is C[C@H](N)C(=O)N1[C@H](C#N)C[C@@H]2C[C@@H]21. The highest BCUT2D eigenvalue weighted by atomic mass is 16.2. The fourth-order valence-electron chi connectivity index (χ4n) is 2.12. The van der Waals surface area contributed by atoms with Crippen LogP contribution in [0.4, 0.5) is 0 Å². The molecule has 0 aromatic carbocycles. The molecule has 0 aromatic heterocycles. The van der Waals surface area contributed by atoms with Crippen molar-refractivity contribution in [2.45, 2.75) is 37.9 Å². The Kier molecular flexibility index (Phi) is 1.77. The van der Waals surface area contributed by atoms with Gasteiger partial charge < -0.3 is 10.6 Å². The summed E-state index contributed by atoms with van der Waals surface area (Å²) in [6.45, 7) is 1.67. The van der Waals surface area contributed by atoms with Gasteiger partial charge in [0.15, 0.2) is 0 Å². The summed E-state index contributed by atoms with van der Waals surface area (Å²) >= 11 is 0. The van der Waals surface area contributed by atoms with Crippen molar-refractivity contribution in [3.05, 3.63) is 0 Å². The molecule has 1 saturated heterocycles. The topological polar surface area (TPSA) is 70.1 Å². The van der Waals surface area contributed by atoms with Crippen LogP contribution in [0.5, 0.6) is 0 Å². The second-order valence-corrected chi connectivity index (χ2v) is 3.98. The molecular weight excluding hydrogens is 166 g/mol. The number of nitrogens with two attached hydrogens (primary N) is 1. The zero-order chi connectivity index (χ0) is 9.59. The van der Waals surface area contributed by atoms with E-state index < -0.39 is 6.04 Å². The summed E-state index contributed by atoms with van der Waals surface area (Å²) in [5.41, 5.74) is 5.51.